The van der Waals surface area contributed by atoms with Gasteiger partial charge in [-0.25, -0.2) is 0 Å². The molecule has 1 aliphatic heterocycles. The van der Waals surface area contributed by atoms with Gasteiger partial charge in [0.2, 0.25) is 0 Å². The van der Waals surface area contributed by atoms with Crippen LogP contribution in [0.3, 0.4) is 0 Å². The van der Waals surface area contributed by atoms with Crippen LogP contribution in [-0.4, -0.2) is 7.05 Å². The average Bonchev–Trinajstić information content (AvgIpc) is 2.20. The van der Waals surface area contributed by atoms with Crippen LogP contribution < -0.4 is 10.6 Å². The van der Waals surface area contributed by atoms with Gasteiger partial charge in [-0.1, -0.05) is 13.8 Å². The first kappa shape index (κ1) is 11.8. The molecule has 74 valence electrons. The van der Waals surface area contributed by atoms with E-state index in [0.717, 1.165) is 11.4 Å². The van der Waals surface area contributed by atoms with Crippen LogP contribution in [0.25, 0.3) is 0 Å². The van der Waals surface area contributed by atoms with Gasteiger partial charge in [-0.3, -0.25) is 0 Å². The molecular weight excluding hydrogens is 160 g/mol. The molecule has 0 fully saturated rings. The Bertz CT molecular complexity index is 234. The molecule has 1 aliphatic rings. The maximum absolute atomic E-state index is 3.16. The SMILES string of the molecule is CC.CN/C(C)=C1/C=C(C)C=CN1. The summed E-state index contributed by atoms with van der Waals surface area (Å²) in [5, 5.41) is 6.25. The predicted octanol–water partition coefficient (Wildman–Crippen LogP) is 2.53. The fraction of sp³-hybridized carbons (Fsp3) is 0.455. The molecule has 0 unspecified atom stereocenters. The quantitative estimate of drug-likeness (QED) is 0.648. The first-order valence-corrected chi connectivity index (χ1v) is 4.74. The second-order valence-corrected chi connectivity index (χ2v) is 2.65. The minimum atomic E-state index is 1.15. The van der Waals surface area contributed by atoms with E-state index in [-0.39, 0.29) is 0 Å². The topological polar surface area (TPSA) is 24.1 Å². The third-order valence-corrected chi connectivity index (χ3v) is 1.74. The highest BCUT2D eigenvalue weighted by molar-refractivity contribution is 5.35. The van der Waals surface area contributed by atoms with Crippen LogP contribution in [0.4, 0.5) is 0 Å². The molecule has 0 aromatic carbocycles. The van der Waals surface area contributed by atoms with Crippen LogP contribution in [-0.2, 0) is 0 Å². The highest BCUT2D eigenvalue weighted by Crippen LogP contribution is 2.08. The van der Waals surface area contributed by atoms with E-state index >= 15 is 0 Å². The molecule has 0 saturated heterocycles. The molecule has 0 aromatic rings. The summed E-state index contributed by atoms with van der Waals surface area (Å²) in [4.78, 5) is 0. The Hall–Kier alpha value is -1.18. The fourth-order valence-electron chi connectivity index (χ4n) is 0.932. The molecule has 2 nitrogen and oxygen atoms in total. The van der Waals surface area contributed by atoms with Gasteiger partial charge in [-0.2, -0.15) is 0 Å². The van der Waals surface area contributed by atoms with Crippen molar-refractivity contribution >= 4 is 0 Å². The Labute approximate surface area is 81.4 Å². The summed E-state index contributed by atoms with van der Waals surface area (Å²) in [6, 6.07) is 0. The van der Waals surface area contributed by atoms with Gasteiger partial charge < -0.3 is 10.6 Å². The Morgan fingerprint density at radius 2 is 2.00 bits per heavy atom. The van der Waals surface area contributed by atoms with Crippen molar-refractivity contribution in [3.05, 3.63) is 35.3 Å². The smallest absolute Gasteiger partial charge is 0.0572 e. The van der Waals surface area contributed by atoms with E-state index in [4.69, 9.17) is 0 Å². The Morgan fingerprint density at radius 1 is 1.38 bits per heavy atom. The van der Waals surface area contributed by atoms with Crippen molar-refractivity contribution in [1.82, 2.24) is 10.6 Å². The summed E-state index contributed by atoms with van der Waals surface area (Å²) in [5.41, 5.74) is 3.58. The molecule has 13 heavy (non-hydrogen) atoms. The molecule has 0 aliphatic carbocycles. The fourth-order valence-corrected chi connectivity index (χ4v) is 0.932. The lowest BCUT2D eigenvalue weighted by Crippen LogP contribution is -2.15. The molecule has 0 saturated carbocycles. The molecule has 2 N–H and O–H groups in total. The Morgan fingerprint density at radius 3 is 2.46 bits per heavy atom. The van der Waals surface area contributed by atoms with Gasteiger partial charge in [0.15, 0.2) is 0 Å². The van der Waals surface area contributed by atoms with E-state index in [0.29, 0.717) is 0 Å². The zero-order chi connectivity index (χ0) is 10.3. The lowest BCUT2D eigenvalue weighted by molar-refractivity contribution is 0.918. The van der Waals surface area contributed by atoms with Crippen LogP contribution in [0.15, 0.2) is 35.3 Å². The molecular formula is C11H20N2. The molecule has 0 radical (unpaired) electrons. The summed E-state index contributed by atoms with van der Waals surface area (Å²) >= 11 is 0. The van der Waals surface area contributed by atoms with E-state index in [1.165, 1.54) is 5.57 Å². The predicted molar refractivity (Wildman–Crippen MR) is 59.1 cm³/mol. The van der Waals surface area contributed by atoms with Crippen LogP contribution >= 0.6 is 0 Å². The summed E-state index contributed by atoms with van der Waals surface area (Å²) in [5.74, 6) is 0. The maximum atomic E-state index is 3.16. The molecule has 1 heterocycles. The minimum Gasteiger partial charge on any atom is -0.390 e. The summed E-state index contributed by atoms with van der Waals surface area (Å²) in [6.45, 7) is 8.13. The van der Waals surface area contributed by atoms with Crippen molar-refractivity contribution in [2.45, 2.75) is 27.7 Å². The molecule has 0 aromatic heterocycles. The zero-order valence-electron chi connectivity index (χ0n) is 9.23. The van der Waals surface area contributed by atoms with Crippen molar-refractivity contribution in [3.8, 4) is 0 Å². The highest BCUT2D eigenvalue weighted by Gasteiger charge is 1.99. The van der Waals surface area contributed by atoms with E-state index in [2.05, 4.69) is 23.6 Å². The van der Waals surface area contributed by atoms with Crippen molar-refractivity contribution in [1.29, 1.82) is 0 Å². The van der Waals surface area contributed by atoms with E-state index in [9.17, 15) is 0 Å². The monoisotopic (exact) mass is 180 g/mol. The second kappa shape index (κ2) is 6.35. The van der Waals surface area contributed by atoms with Crippen molar-refractivity contribution < 1.29 is 0 Å². The normalized spacial score (nSPS) is 17.8. The zero-order valence-corrected chi connectivity index (χ0v) is 9.23. The standard InChI is InChI=1S/C9H14N2.C2H6/c1-7-4-5-11-9(6-7)8(2)10-3;1-2/h4-6,10-11H,1-3H3;1-2H3/b9-8-;. The van der Waals surface area contributed by atoms with Crippen LogP contribution in [0.1, 0.15) is 27.7 Å². The highest BCUT2D eigenvalue weighted by atomic mass is 14.9. The van der Waals surface area contributed by atoms with Gasteiger partial charge >= 0.3 is 0 Å². The number of hydrogen-bond donors (Lipinski definition) is 2. The minimum absolute atomic E-state index is 1.15. The Kier molecular flexibility index (Phi) is 5.77. The Balaban J connectivity index is 0.000000671. The first-order valence-electron chi connectivity index (χ1n) is 4.74. The molecule has 0 bridgehead atoms. The molecule has 0 amide bonds. The summed E-state index contributed by atoms with van der Waals surface area (Å²) in [7, 11) is 1.92. The largest absolute Gasteiger partial charge is 0.390 e. The van der Waals surface area contributed by atoms with Crippen molar-refractivity contribution in [3.63, 3.8) is 0 Å². The lowest BCUT2D eigenvalue weighted by Gasteiger charge is -2.12. The number of nitrogens with one attached hydrogen (secondary N) is 2. The molecule has 1 rings (SSSR count). The van der Waals surface area contributed by atoms with Gasteiger partial charge in [0.05, 0.1) is 5.70 Å². The van der Waals surface area contributed by atoms with E-state index in [1.807, 2.05) is 40.1 Å². The van der Waals surface area contributed by atoms with Gasteiger partial charge in [0, 0.05) is 18.9 Å². The van der Waals surface area contributed by atoms with Gasteiger partial charge in [0.25, 0.3) is 0 Å². The lowest BCUT2D eigenvalue weighted by atomic mass is 10.2. The summed E-state index contributed by atoms with van der Waals surface area (Å²) in [6.07, 6.45) is 6.11. The van der Waals surface area contributed by atoms with Crippen LogP contribution in [0.5, 0.6) is 0 Å². The van der Waals surface area contributed by atoms with E-state index < -0.39 is 0 Å². The second-order valence-electron chi connectivity index (χ2n) is 2.65. The van der Waals surface area contributed by atoms with Crippen LogP contribution in [0.2, 0.25) is 0 Å². The molecule has 2 heteroatoms. The third-order valence-electron chi connectivity index (χ3n) is 1.74. The number of rotatable bonds is 1. The third kappa shape index (κ3) is 3.83. The van der Waals surface area contributed by atoms with Gasteiger partial charge in [0.1, 0.15) is 0 Å². The van der Waals surface area contributed by atoms with Crippen molar-refractivity contribution in [2.75, 3.05) is 7.05 Å². The van der Waals surface area contributed by atoms with Gasteiger partial charge in [-0.05, 0) is 31.6 Å². The van der Waals surface area contributed by atoms with Gasteiger partial charge in [-0.15, -0.1) is 0 Å². The van der Waals surface area contributed by atoms with Crippen molar-refractivity contribution in [2.24, 2.45) is 0 Å². The first-order chi connectivity index (χ1) is 6.24. The number of dihydropyridines is 1. The summed E-state index contributed by atoms with van der Waals surface area (Å²) < 4.78 is 0. The van der Waals surface area contributed by atoms with E-state index in [1.54, 1.807) is 0 Å². The van der Waals surface area contributed by atoms with Crippen LogP contribution in [0, 0.1) is 0 Å². The molecule has 0 spiro atoms. The molecule has 0 atom stereocenters. The maximum Gasteiger partial charge on any atom is 0.0572 e. The number of hydrogen-bond acceptors (Lipinski definition) is 2. The number of allylic oxidation sites excluding steroid dienone is 4. The average molecular weight is 180 g/mol.